The first-order chi connectivity index (χ1) is 11.4. The number of benzene rings is 2. The molecule has 114 valence electrons. The summed E-state index contributed by atoms with van der Waals surface area (Å²) in [6.45, 7) is 0. The van der Waals surface area contributed by atoms with Crippen LogP contribution in [0.5, 0.6) is 0 Å². The molecular formula is C21H20N2. The Bertz CT molecular complexity index is 989. The van der Waals surface area contributed by atoms with Crippen molar-refractivity contribution in [2.24, 2.45) is 0 Å². The summed E-state index contributed by atoms with van der Waals surface area (Å²) >= 11 is 0. The van der Waals surface area contributed by atoms with E-state index in [0.29, 0.717) is 5.92 Å². The number of aryl methyl sites for hydroxylation is 1. The van der Waals surface area contributed by atoms with E-state index in [1.54, 1.807) is 0 Å². The second-order valence-electron chi connectivity index (χ2n) is 6.65. The highest BCUT2D eigenvalue weighted by atomic mass is 14.7. The fourth-order valence-electron chi connectivity index (χ4n) is 4.28. The lowest BCUT2D eigenvalue weighted by Gasteiger charge is -2.14. The van der Waals surface area contributed by atoms with Crippen LogP contribution in [0.1, 0.15) is 42.0 Å². The number of rotatable bonds is 1. The number of aromatic amines is 2. The van der Waals surface area contributed by atoms with E-state index >= 15 is 0 Å². The number of H-pyrrole nitrogens is 2. The van der Waals surface area contributed by atoms with Gasteiger partial charge in [0, 0.05) is 39.6 Å². The first kappa shape index (κ1) is 13.0. The van der Waals surface area contributed by atoms with Gasteiger partial charge in [0.2, 0.25) is 0 Å². The van der Waals surface area contributed by atoms with E-state index in [-0.39, 0.29) is 0 Å². The average molecular weight is 300 g/mol. The fourth-order valence-corrected chi connectivity index (χ4v) is 4.28. The summed E-state index contributed by atoms with van der Waals surface area (Å²) < 4.78 is 0. The highest BCUT2D eigenvalue weighted by Crippen LogP contribution is 2.40. The molecule has 0 aliphatic heterocycles. The van der Waals surface area contributed by atoms with E-state index in [2.05, 4.69) is 64.7 Å². The number of aromatic nitrogens is 2. The smallest absolute Gasteiger partial charge is 0.0459 e. The fraction of sp³-hybridized carbons (Fsp3) is 0.238. The van der Waals surface area contributed by atoms with Crippen molar-refractivity contribution in [3.8, 4) is 0 Å². The van der Waals surface area contributed by atoms with Gasteiger partial charge in [-0.1, -0.05) is 42.8 Å². The summed E-state index contributed by atoms with van der Waals surface area (Å²) in [5.41, 5.74) is 6.94. The van der Waals surface area contributed by atoms with Crippen molar-refractivity contribution in [1.29, 1.82) is 0 Å². The largest absolute Gasteiger partial charge is 0.361 e. The summed E-state index contributed by atoms with van der Waals surface area (Å²) in [5.74, 6) is 0.469. The lowest BCUT2D eigenvalue weighted by molar-refractivity contribution is 0.654. The zero-order chi connectivity index (χ0) is 15.2. The molecular weight excluding hydrogens is 280 g/mol. The molecule has 1 aliphatic carbocycles. The Kier molecular flexibility index (Phi) is 2.84. The predicted octanol–water partition coefficient (Wildman–Crippen LogP) is 5.51. The van der Waals surface area contributed by atoms with Crippen LogP contribution in [0.3, 0.4) is 0 Å². The molecule has 0 radical (unpaired) electrons. The molecule has 2 heteroatoms. The summed E-state index contributed by atoms with van der Waals surface area (Å²) in [4.78, 5) is 7.20. The molecule has 2 aromatic heterocycles. The van der Waals surface area contributed by atoms with Crippen molar-refractivity contribution in [2.45, 2.75) is 31.6 Å². The van der Waals surface area contributed by atoms with Gasteiger partial charge in [-0.25, -0.2) is 0 Å². The number of fused-ring (bicyclic) bond motifs is 4. The van der Waals surface area contributed by atoms with Gasteiger partial charge in [-0.2, -0.15) is 0 Å². The molecule has 2 heterocycles. The Morgan fingerprint density at radius 3 is 2.52 bits per heavy atom. The van der Waals surface area contributed by atoms with Gasteiger partial charge >= 0.3 is 0 Å². The molecule has 2 N–H and O–H groups in total. The van der Waals surface area contributed by atoms with Crippen LogP contribution in [-0.2, 0) is 6.42 Å². The molecule has 1 aliphatic rings. The van der Waals surface area contributed by atoms with Crippen LogP contribution in [0.25, 0.3) is 21.8 Å². The minimum atomic E-state index is 0.469. The molecule has 2 nitrogen and oxygen atoms in total. The second kappa shape index (κ2) is 5.02. The zero-order valence-electron chi connectivity index (χ0n) is 13.1. The van der Waals surface area contributed by atoms with Gasteiger partial charge in [-0.15, -0.1) is 0 Å². The van der Waals surface area contributed by atoms with E-state index in [4.69, 9.17) is 0 Å². The van der Waals surface area contributed by atoms with E-state index in [9.17, 15) is 0 Å². The lowest BCUT2D eigenvalue weighted by Crippen LogP contribution is -2.01. The minimum absolute atomic E-state index is 0.469. The van der Waals surface area contributed by atoms with Gasteiger partial charge in [0.1, 0.15) is 0 Å². The third-order valence-corrected chi connectivity index (χ3v) is 5.36. The van der Waals surface area contributed by atoms with Gasteiger partial charge in [-0.3, -0.25) is 0 Å². The van der Waals surface area contributed by atoms with E-state index in [0.717, 1.165) is 0 Å². The summed E-state index contributed by atoms with van der Waals surface area (Å²) in [7, 11) is 0. The zero-order valence-corrected chi connectivity index (χ0v) is 13.1. The SMILES string of the molecule is c1ccc2c(C3CCCCc4c3[nH]c3ccccc43)c[nH]c2c1. The molecule has 0 saturated carbocycles. The maximum absolute atomic E-state index is 3.75. The van der Waals surface area contributed by atoms with Crippen molar-refractivity contribution in [2.75, 3.05) is 0 Å². The van der Waals surface area contributed by atoms with Crippen LogP contribution < -0.4 is 0 Å². The van der Waals surface area contributed by atoms with Gasteiger partial charge < -0.3 is 9.97 Å². The van der Waals surface area contributed by atoms with Crippen LogP contribution in [0.15, 0.2) is 54.7 Å². The maximum Gasteiger partial charge on any atom is 0.0459 e. The monoisotopic (exact) mass is 300 g/mol. The molecule has 0 amide bonds. The van der Waals surface area contributed by atoms with Gasteiger partial charge in [0.15, 0.2) is 0 Å². The van der Waals surface area contributed by atoms with Gasteiger partial charge in [-0.05, 0) is 42.5 Å². The average Bonchev–Trinajstić information content (AvgIpc) is 3.11. The molecule has 1 unspecified atom stereocenters. The Hall–Kier alpha value is -2.48. The standard InChI is InChI=1S/C21H20N2/c1-2-10-17(18-13-22-19-11-5-3-8-15(18)19)21-16(9-1)14-7-4-6-12-20(14)23-21/h3-8,11-13,17,22-23H,1-2,9-10H2. The Morgan fingerprint density at radius 1 is 0.826 bits per heavy atom. The number of para-hydroxylation sites is 2. The van der Waals surface area contributed by atoms with E-state index < -0.39 is 0 Å². The van der Waals surface area contributed by atoms with Crippen molar-refractivity contribution in [1.82, 2.24) is 9.97 Å². The van der Waals surface area contributed by atoms with Gasteiger partial charge in [0.25, 0.3) is 0 Å². The van der Waals surface area contributed by atoms with Crippen LogP contribution in [0.2, 0.25) is 0 Å². The number of hydrogen-bond acceptors (Lipinski definition) is 0. The molecule has 0 spiro atoms. The van der Waals surface area contributed by atoms with Crippen LogP contribution in [-0.4, -0.2) is 9.97 Å². The second-order valence-corrected chi connectivity index (χ2v) is 6.65. The molecule has 1 atom stereocenters. The van der Waals surface area contributed by atoms with Crippen molar-refractivity contribution < 1.29 is 0 Å². The molecule has 0 fully saturated rings. The molecule has 2 aromatic carbocycles. The molecule has 5 rings (SSSR count). The summed E-state index contributed by atoms with van der Waals surface area (Å²) in [6.07, 6.45) is 7.21. The maximum atomic E-state index is 3.75. The van der Waals surface area contributed by atoms with Gasteiger partial charge in [0.05, 0.1) is 0 Å². The highest BCUT2D eigenvalue weighted by molar-refractivity contribution is 5.87. The van der Waals surface area contributed by atoms with Crippen LogP contribution in [0, 0.1) is 0 Å². The third-order valence-electron chi connectivity index (χ3n) is 5.36. The first-order valence-electron chi connectivity index (χ1n) is 8.57. The normalized spacial score (nSPS) is 18.2. The number of nitrogens with one attached hydrogen (secondary N) is 2. The Morgan fingerprint density at radius 2 is 1.61 bits per heavy atom. The van der Waals surface area contributed by atoms with Crippen molar-refractivity contribution in [3.05, 3.63) is 71.5 Å². The lowest BCUT2D eigenvalue weighted by atomic mass is 9.90. The Balaban J connectivity index is 1.75. The first-order valence-corrected chi connectivity index (χ1v) is 8.57. The Labute approximate surface area is 135 Å². The topological polar surface area (TPSA) is 31.6 Å². The molecule has 0 bridgehead atoms. The summed E-state index contributed by atoms with van der Waals surface area (Å²) in [5, 5.41) is 2.78. The van der Waals surface area contributed by atoms with Crippen molar-refractivity contribution >= 4 is 21.8 Å². The quantitative estimate of drug-likeness (QED) is 0.435. The molecule has 23 heavy (non-hydrogen) atoms. The minimum Gasteiger partial charge on any atom is -0.361 e. The van der Waals surface area contributed by atoms with E-state index in [1.807, 2.05) is 0 Å². The number of hydrogen-bond donors (Lipinski definition) is 2. The van der Waals surface area contributed by atoms with Crippen LogP contribution in [0.4, 0.5) is 0 Å². The van der Waals surface area contributed by atoms with Crippen molar-refractivity contribution in [3.63, 3.8) is 0 Å². The van der Waals surface area contributed by atoms with Crippen LogP contribution >= 0.6 is 0 Å². The molecule has 4 aromatic rings. The third kappa shape index (κ3) is 1.94. The molecule has 0 saturated heterocycles. The highest BCUT2D eigenvalue weighted by Gasteiger charge is 2.25. The predicted molar refractivity (Wildman–Crippen MR) is 96.0 cm³/mol. The summed E-state index contributed by atoms with van der Waals surface area (Å²) in [6, 6.07) is 17.4. The van der Waals surface area contributed by atoms with E-state index in [1.165, 1.54) is 64.3 Å².